The van der Waals surface area contributed by atoms with E-state index in [4.69, 9.17) is 9.94 Å². The molecule has 4 atom stereocenters. The van der Waals surface area contributed by atoms with Crippen molar-refractivity contribution >= 4 is 11.8 Å². The molecule has 2 rings (SSSR count). The summed E-state index contributed by atoms with van der Waals surface area (Å²) in [4.78, 5) is 27.0. The molecule has 1 aromatic rings. The van der Waals surface area contributed by atoms with Gasteiger partial charge in [0.15, 0.2) is 0 Å². The molecule has 2 amide bonds. The van der Waals surface area contributed by atoms with Gasteiger partial charge in [-0.1, -0.05) is 37.3 Å². The summed E-state index contributed by atoms with van der Waals surface area (Å²) in [6.07, 6.45) is 2.11. The number of hydroxylamine groups is 1. The van der Waals surface area contributed by atoms with Crippen molar-refractivity contribution in [3.05, 3.63) is 35.9 Å². The zero-order valence-corrected chi connectivity index (χ0v) is 15.6. The molecule has 7 nitrogen and oxygen atoms in total. The van der Waals surface area contributed by atoms with Gasteiger partial charge in [-0.2, -0.15) is 0 Å². The van der Waals surface area contributed by atoms with Crippen LogP contribution in [0.1, 0.15) is 25.3 Å². The van der Waals surface area contributed by atoms with E-state index in [1.807, 2.05) is 44.3 Å². The lowest BCUT2D eigenvalue weighted by molar-refractivity contribution is -0.138. The molecular formula is C19H29N3O4. The van der Waals surface area contributed by atoms with Crippen LogP contribution in [0, 0.1) is 5.92 Å². The van der Waals surface area contributed by atoms with Gasteiger partial charge in [-0.3, -0.25) is 14.8 Å². The molecule has 144 valence electrons. The van der Waals surface area contributed by atoms with E-state index >= 15 is 0 Å². The van der Waals surface area contributed by atoms with E-state index in [0.717, 1.165) is 24.9 Å². The highest BCUT2D eigenvalue weighted by Gasteiger charge is 2.37. The van der Waals surface area contributed by atoms with Crippen LogP contribution >= 0.6 is 0 Å². The molecule has 4 unspecified atom stereocenters. The van der Waals surface area contributed by atoms with Gasteiger partial charge in [0.2, 0.25) is 5.91 Å². The van der Waals surface area contributed by atoms with Crippen molar-refractivity contribution in [3.8, 4) is 0 Å². The minimum atomic E-state index is -0.851. The Bertz CT molecular complexity index is 596. The molecule has 0 radical (unpaired) electrons. The van der Waals surface area contributed by atoms with Crippen molar-refractivity contribution in [2.75, 3.05) is 20.7 Å². The Morgan fingerprint density at radius 3 is 2.54 bits per heavy atom. The van der Waals surface area contributed by atoms with Crippen molar-refractivity contribution in [2.45, 2.75) is 44.4 Å². The van der Waals surface area contributed by atoms with E-state index in [1.54, 1.807) is 12.6 Å². The van der Waals surface area contributed by atoms with Crippen LogP contribution in [0.25, 0.3) is 0 Å². The lowest BCUT2D eigenvalue weighted by atomic mass is 9.94. The zero-order valence-electron chi connectivity index (χ0n) is 15.6. The first-order chi connectivity index (χ1) is 12.5. The summed E-state index contributed by atoms with van der Waals surface area (Å²) >= 11 is 0. The van der Waals surface area contributed by atoms with Crippen LogP contribution in [-0.4, -0.2) is 60.8 Å². The Labute approximate surface area is 154 Å². The maximum atomic E-state index is 12.8. The van der Waals surface area contributed by atoms with E-state index in [9.17, 15) is 9.59 Å². The summed E-state index contributed by atoms with van der Waals surface area (Å²) in [5.41, 5.74) is 2.54. The van der Waals surface area contributed by atoms with Crippen molar-refractivity contribution in [3.63, 3.8) is 0 Å². The Morgan fingerprint density at radius 1 is 1.31 bits per heavy atom. The van der Waals surface area contributed by atoms with Crippen LogP contribution in [0.15, 0.2) is 30.3 Å². The highest BCUT2D eigenvalue weighted by Crippen LogP contribution is 2.24. The average Bonchev–Trinajstić information content (AvgIpc) is 3.07. The van der Waals surface area contributed by atoms with Gasteiger partial charge in [0, 0.05) is 19.6 Å². The molecule has 0 bridgehead atoms. The summed E-state index contributed by atoms with van der Waals surface area (Å²) < 4.78 is 5.62. The predicted octanol–water partition coefficient (Wildman–Crippen LogP) is 0.965. The Hall–Kier alpha value is -1.96. The maximum absolute atomic E-state index is 12.8. The highest BCUT2D eigenvalue weighted by molar-refractivity contribution is 5.88. The highest BCUT2D eigenvalue weighted by atomic mass is 16.5. The molecule has 1 saturated heterocycles. The molecule has 3 N–H and O–H groups in total. The zero-order chi connectivity index (χ0) is 19.1. The van der Waals surface area contributed by atoms with E-state index in [1.165, 1.54) is 0 Å². The van der Waals surface area contributed by atoms with Crippen LogP contribution < -0.4 is 10.8 Å². The van der Waals surface area contributed by atoms with Crippen LogP contribution in [0.3, 0.4) is 0 Å². The van der Waals surface area contributed by atoms with Crippen molar-refractivity contribution in [1.29, 1.82) is 0 Å². The number of carbonyl (C=O) groups is 2. The van der Waals surface area contributed by atoms with Gasteiger partial charge in [-0.05, 0) is 32.0 Å². The Balaban J connectivity index is 2.05. The number of ether oxygens (including phenoxy) is 1. The minimum Gasteiger partial charge on any atom is -0.379 e. The van der Waals surface area contributed by atoms with E-state index < -0.39 is 17.9 Å². The average molecular weight is 363 g/mol. The second-order valence-corrected chi connectivity index (χ2v) is 6.91. The molecule has 1 fully saturated rings. The third kappa shape index (κ3) is 5.03. The van der Waals surface area contributed by atoms with E-state index in [-0.39, 0.29) is 18.1 Å². The Kier molecular flexibility index (Phi) is 7.56. The van der Waals surface area contributed by atoms with Gasteiger partial charge < -0.3 is 15.0 Å². The third-order valence-electron chi connectivity index (χ3n) is 5.16. The number of rotatable bonds is 8. The molecule has 1 aromatic carbocycles. The quantitative estimate of drug-likeness (QED) is 0.473. The fourth-order valence-electron chi connectivity index (χ4n) is 3.63. The molecule has 1 aliphatic heterocycles. The van der Waals surface area contributed by atoms with Gasteiger partial charge in [-0.15, -0.1) is 0 Å². The number of methoxy groups -OCH3 is 1. The first-order valence-corrected chi connectivity index (χ1v) is 8.99. The summed E-state index contributed by atoms with van der Waals surface area (Å²) in [7, 11) is 3.65. The number of hydrogen-bond acceptors (Lipinski definition) is 5. The molecule has 0 aromatic heterocycles. The molecule has 26 heavy (non-hydrogen) atoms. The first-order valence-electron chi connectivity index (χ1n) is 8.99. The van der Waals surface area contributed by atoms with Gasteiger partial charge in [-0.25, -0.2) is 5.48 Å². The largest absolute Gasteiger partial charge is 0.379 e. The first kappa shape index (κ1) is 20.4. The number of likely N-dealkylation sites (tertiary alicyclic amines) is 1. The molecule has 1 aliphatic rings. The smallest absolute Gasteiger partial charge is 0.266 e. The van der Waals surface area contributed by atoms with Crippen molar-refractivity contribution < 1.29 is 19.5 Å². The fourth-order valence-corrected chi connectivity index (χ4v) is 3.63. The van der Waals surface area contributed by atoms with E-state index in [2.05, 4.69) is 10.2 Å². The lowest BCUT2D eigenvalue weighted by Gasteiger charge is -2.32. The summed E-state index contributed by atoms with van der Waals surface area (Å²) in [6, 6.07) is 8.69. The topological polar surface area (TPSA) is 90.9 Å². The van der Waals surface area contributed by atoms with Crippen LogP contribution in [0.4, 0.5) is 0 Å². The molecule has 0 saturated carbocycles. The lowest BCUT2D eigenvalue weighted by Crippen LogP contribution is -2.52. The summed E-state index contributed by atoms with van der Waals surface area (Å²) in [5.74, 6) is -1.32. The van der Waals surface area contributed by atoms with Gasteiger partial charge >= 0.3 is 0 Å². The fraction of sp³-hybridized carbons (Fsp3) is 0.579. The molecular weight excluding hydrogens is 334 g/mol. The molecule has 7 heteroatoms. The number of amides is 2. The van der Waals surface area contributed by atoms with Gasteiger partial charge in [0.05, 0.1) is 12.0 Å². The molecule has 1 heterocycles. The van der Waals surface area contributed by atoms with Crippen LogP contribution in [0.5, 0.6) is 0 Å². The van der Waals surface area contributed by atoms with Crippen LogP contribution in [0.2, 0.25) is 0 Å². The number of nitrogens with one attached hydrogen (secondary N) is 2. The number of hydrogen-bond donors (Lipinski definition) is 3. The van der Waals surface area contributed by atoms with Gasteiger partial charge in [0.25, 0.3) is 5.91 Å². The summed E-state index contributed by atoms with van der Waals surface area (Å²) in [5, 5.41) is 11.8. The normalized spacial score (nSPS) is 21.0. The van der Waals surface area contributed by atoms with Gasteiger partial charge in [0.1, 0.15) is 6.04 Å². The minimum absolute atomic E-state index is 0.181. The number of benzene rings is 1. The summed E-state index contributed by atoms with van der Waals surface area (Å²) in [6.45, 7) is 2.80. The second kappa shape index (κ2) is 9.66. The standard InChI is InChI=1S/C19H29N3O4/c1-13(17(26-3)16-10-7-11-22(16)2)18(23)20-15(19(24)21-25)12-14-8-5-4-6-9-14/h4-6,8-9,13,15-17,25H,7,10-12H2,1-3H3,(H,20,23)(H,21,24). The van der Waals surface area contributed by atoms with E-state index in [0.29, 0.717) is 6.42 Å². The Morgan fingerprint density at radius 2 is 2.00 bits per heavy atom. The SMILES string of the molecule is COC(C(C)C(=O)NC(Cc1ccccc1)C(=O)NO)C1CCCN1C. The monoisotopic (exact) mass is 363 g/mol. The van der Waals surface area contributed by atoms with Crippen molar-refractivity contribution in [2.24, 2.45) is 5.92 Å². The number of carbonyl (C=O) groups excluding carboxylic acids is 2. The molecule has 0 spiro atoms. The molecule has 0 aliphatic carbocycles. The van der Waals surface area contributed by atoms with Crippen molar-refractivity contribution in [1.82, 2.24) is 15.7 Å². The number of nitrogens with zero attached hydrogens (tertiary/aromatic N) is 1. The second-order valence-electron chi connectivity index (χ2n) is 6.91. The predicted molar refractivity (Wildman–Crippen MR) is 97.6 cm³/mol. The van der Waals surface area contributed by atoms with Crippen LogP contribution in [-0.2, 0) is 20.7 Å². The maximum Gasteiger partial charge on any atom is 0.266 e. The third-order valence-corrected chi connectivity index (χ3v) is 5.16. The number of likely N-dealkylation sites (N-methyl/N-ethyl adjacent to an activating group) is 1.